The van der Waals surface area contributed by atoms with Crippen molar-refractivity contribution in [3.63, 3.8) is 0 Å². The maximum atomic E-state index is 12.6. The zero-order valence-corrected chi connectivity index (χ0v) is 52.5. The molecule has 7 aliphatic heterocycles. The van der Waals surface area contributed by atoms with Gasteiger partial charge in [0, 0.05) is 128 Å². The Morgan fingerprint density at radius 2 is 1.02 bits per heavy atom. The smallest absolute Gasteiger partial charge is 0.260 e. The van der Waals surface area contributed by atoms with Crippen LogP contribution in [-0.2, 0) is 0 Å². The van der Waals surface area contributed by atoms with Gasteiger partial charge in [0.2, 0.25) is 5.13 Å². The highest BCUT2D eigenvalue weighted by Gasteiger charge is 2.39. The number of pyridine rings is 1. The van der Waals surface area contributed by atoms with Gasteiger partial charge in [0.15, 0.2) is 54.6 Å². The third-order valence-corrected chi connectivity index (χ3v) is 24.3. The SMILES string of the molecule is CN(c1nc2sc(-n3ccc(Br)cc3=O)nc2s1)C1C[C@H]2CC[C@@H](C1)N2.CN(c1nc2sc(-n3cnc(-c4cn[nH]c4)cc3=O)nc2s1)C1C[C@H]2CC[C@@H](C1)N2.CN(c1nc2sc(-n3cnc(C4=CCN=C4)c3)nc2s1)C1C[C@H]2CC[C@@H](C1)N2. The molecule has 9 atom stereocenters. The van der Waals surface area contributed by atoms with Crippen molar-refractivity contribution in [1.29, 1.82) is 0 Å². The van der Waals surface area contributed by atoms with Crippen molar-refractivity contribution in [3.05, 3.63) is 92.6 Å². The highest BCUT2D eigenvalue weighted by atomic mass is 79.9. The van der Waals surface area contributed by atoms with E-state index < -0.39 is 0 Å². The first-order chi connectivity index (χ1) is 40.9. The molecule has 29 heteroatoms. The van der Waals surface area contributed by atoms with Gasteiger partial charge >= 0.3 is 0 Å². The zero-order valence-electron chi connectivity index (χ0n) is 46.0. The molecule has 6 fully saturated rings. The van der Waals surface area contributed by atoms with E-state index in [1.54, 1.807) is 74.6 Å². The lowest BCUT2D eigenvalue weighted by Crippen LogP contribution is -2.47. The Morgan fingerprint density at radius 3 is 1.48 bits per heavy atom. The number of thiazole rings is 6. The first-order valence-corrected chi connectivity index (χ1v) is 34.1. The minimum Gasteiger partial charge on any atom is -0.348 e. The molecule has 3 unspecified atom stereocenters. The van der Waals surface area contributed by atoms with Crippen molar-refractivity contribution in [2.24, 2.45) is 4.99 Å². The van der Waals surface area contributed by atoms with Crippen molar-refractivity contribution >= 4 is 140 Å². The number of hydrogen-bond acceptors (Lipinski definition) is 24. The molecule has 4 N–H and O–H groups in total. The molecule has 0 radical (unpaired) electrons. The number of imidazole rings is 1. The van der Waals surface area contributed by atoms with Gasteiger partial charge in [0.05, 0.1) is 24.1 Å². The third kappa shape index (κ3) is 10.9. The Labute approximate surface area is 514 Å². The first-order valence-electron chi connectivity index (χ1n) is 28.4. The summed E-state index contributed by atoms with van der Waals surface area (Å²) >= 11 is 12.7. The Bertz CT molecular complexity index is 4090. The van der Waals surface area contributed by atoms with E-state index in [0.29, 0.717) is 70.3 Å². The Balaban J connectivity index is 0.000000107. The average Bonchev–Trinajstić information content (AvgIpc) is 3.18. The Kier molecular flexibility index (Phi) is 14.7. The molecular formula is C55H59BrN20O2S6. The molecule has 7 aliphatic rings. The van der Waals surface area contributed by atoms with Gasteiger partial charge in [0.25, 0.3) is 11.1 Å². The largest absolute Gasteiger partial charge is 0.348 e. The van der Waals surface area contributed by atoms with Crippen molar-refractivity contribution < 1.29 is 0 Å². The van der Waals surface area contributed by atoms with E-state index in [4.69, 9.17) is 19.9 Å². The number of rotatable bonds is 11. The molecule has 0 aromatic carbocycles. The summed E-state index contributed by atoms with van der Waals surface area (Å²) in [6, 6.07) is 10.5. The third-order valence-electron chi connectivity index (χ3n) is 17.4. The maximum absolute atomic E-state index is 12.6. The molecule has 0 spiro atoms. The van der Waals surface area contributed by atoms with Crippen LogP contribution in [0.15, 0.2) is 80.8 Å². The lowest BCUT2D eigenvalue weighted by Gasteiger charge is -2.35. The zero-order chi connectivity index (χ0) is 56.7. The summed E-state index contributed by atoms with van der Waals surface area (Å²) < 4.78 is 5.79. The number of fused-ring (bicyclic) bond motifs is 9. The second kappa shape index (κ2) is 22.7. The molecule has 6 bridgehead atoms. The normalized spacial score (nSPS) is 24.9. The molecule has 22 nitrogen and oxygen atoms in total. The molecule has 10 aromatic heterocycles. The van der Waals surface area contributed by atoms with Crippen LogP contribution in [0, 0.1) is 0 Å². The number of aromatic amines is 1. The van der Waals surface area contributed by atoms with Gasteiger partial charge in [-0.15, -0.1) is 0 Å². The molecule has 0 aliphatic carbocycles. The lowest BCUT2D eigenvalue weighted by atomic mass is 9.99. The fourth-order valence-corrected chi connectivity index (χ4v) is 19.4. The number of piperidine rings is 3. The molecule has 17 heterocycles. The molecule has 84 heavy (non-hydrogen) atoms. The summed E-state index contributed by atoms with van der Waals surface area (Å²) in [7, 11) is 6.48. The highest BCUT2D eigenvalue weighted by Crippen LogP contribution is 2.41. The number of nitrogens with zero attached hydrogens (tertiary/aromatic N) is 16. The van der Waals surface area contributed by atoms with Crippen LogP contribution in [0.3, 0.4) is 0 Å². The molecule has 17 rings (SSSR count). The summed E-state index contributed by atoms with van der Waals surface area (Å²) in [5, 5.41) is 23.0. The van der Waals surface area contributed by atoms with Gasteiger partial charge in [-0.1, -0.05) is 90.0 Å². The summed E-state index contributed by atoms with van der Waals surface area (Å²) in [6.45, 7) is 0.744. The van der Waals surface area contributed by atoms with Crippen LogP contribution in [0.25, 0.3) is 61.2 Å². The van der Waals surface area contributed by atoms with Crippen molar-refractivity contribution in [2.45, 2.75) is 131 Å². The second-order valence-electron chi connectivity index (χ2n) is 22.8. The standard InChI is InChI=1S/C19H20N8OS2.C19H21N7S2.C17H18BrN5OS2/c1-26(13-4-11-2-3-12(5-13)23-11)18-24-16-17(29-18)25-19(30-16)27-9-20-14(6-15(27)28)10-7-21-22-8-10;1-25(14-6-12-2-3-13(7-14)22-12)18-23-16-17(27-18)24-19(28-16)26-9-15(21-10-26)11-4-5-20-8-11;1-22(12-7-10-2-3-11(8-12)19-10)16-20-14-15(25-16)21-17(26-14)23-5-4-9(18)6-13(23)24/h6-9,11-13,23H,2-5H2,1H3,(H,21,22);4,8-10,12-14,22H,2-3,5-7H2,1H3;4-6,10-12,19H,2-3,7-8H2,1H3/t11-,12+,13?;12-,13+,14?;10-,11+,12?. The molecule has 0 saturated carbocycles. The van der Waals surface area contributed by atoms with E-state index in [2.05, 4.69) is 109 Å². The fourth-order valence-electron chi connectivity index (χ4n) is 12.9. The summed E-state index contributed by atoms with van der Waals surface area (Å²) in [5.41, 5.74) is 3.11. The molecule has 6 saturated heterocycles. The monoisotopic (exact) mass is 1300 g/mol. The van der Waals surface area contributed by atoms with Crippen LogP contribution in [-0.4, -0.2) is 152 Å². The van der Waals surface area contributed by atoms with Gasteiger partial charge < -0.3 is 30.7 Å². The predicted molar refractivity (Wildman–Crippen MR) is 343 cm³/mol. The molecular weight excluding hydrogens is 1250 g/mol. The Hall–Kier alpha value is -6.02. The number of allylic oxidation sites excluding steroid dienone is 1. The minimum atomic E-state index is -0.176. The number of aromatic nitrogens is 13. The summed E-state index contributed by atoms with van der Waals surface area (Å²) in [6.07, 6.45) is 29.4. The van der Waals surface area contributed by atoms with Gasteiger partial charge in [-0.3, -0.25) is 28.8 Å². The van der Waals surface area contributed by atoms with Crippen LogP contribution in [0.4, 0.5) is 15.4 Å². The van der Waals surface area contributed by atoms with Crippen LogP contribution < -0.4 is 41.8 Å². The van der Waals surface area contributed by atoms with E-state index in [1.165, 1.54) is 117 Å². The van der Waals surface area contributed by atoms with E-state index in [0.717, 1.165) is 77.4 Å². The van der Waals surface area contributed by atoms with E-state index in [1.807, 2.05) is 29.4 Å². The van der Waals surface area contributed by atoms with E-state index in [-0.39, 0.29) is 11.1 Å². The van der Waals surface area contributed by atoms with Gasteiger partial charge in [0.1, 0.15) is 12.7 Å². The van der Waals surface area contributed by atoms with Crippen LogP contribution in [0.2, 0.25) is 0 Å². The van der Waals surface area contributed by atoms with Crippen molar-refractivity contribution in [2.75, 3.05) is 42.4 Å². The number of aliphatic imine (C=N–C) groups is 1. The number of H-pyrrole nitrogens is 1. The van der Waals surface area contributed by atoms with Crippen LogP contribution >= 0.6 is 84.0 Å². The predicted octanol–water partition coefficient (Wildman–Crippen LogP) is 8.92. The van der Waals surface area contributed by atoms with Crippen molar-refractivity contribution in [1.82, 2.24) is 79.7 Å². The fraction of sp³-hybridized carbons (Fsp3) is 0.455. The number of halogens is 1. The Morgan fingerprint density at radius 1 is 0.560 bits per heavy atom. The highest BCUT2D eigenvalue weighted by molar-refractivity contribution is 9.10. The quantitative estimate of drug-likeness (QED) is 0.0945. The lowest BCUT2D eigenvalue weighted by molar-refractivity contribution is 0.354. The van der Waals surface area contributed by atoms with Crippen LogP contribution in [0.1, 0.15) is 82.7 Å². The molecule has 0 amide bonds. The number of anilines is 3. The maximum Gasteiger partial charge on any atom is 0.260 e. The number of hydrogen-bond donors (Lipinski definition) is 4. The average molecular weight is 1300 g/mol. The summed E-state index contributed by atoms with van der Waals surface area (Å²) in [5.74, 6) is 0. The van der Waals surface area contributed by atoms with E-state index >= 15 is 0 Å². The summed E-state index contributed by atoms with van der Waals surface area (Å²) in [4.78, 5) is 79.1. The topological polar surface area (TPSA) is 239 Å². The molecule has 434 valence electrons. The van der Waals surface area contributed by atoms with Crippen molar-refractivity contribution in [3.8, 4) is 26.7 Å². The van der Waals surface area contributed by atoms with Gasteiger partial charge in [-0.25, -0.2) is 44.4 Å². The first kappa shape index (κ1) is 54.6. The van der Waals surface area contributed by atoms with Gasteiger partial charge in [-0.05, 0) is 83.1 Å². The number of nitrogens with one attached hydrogen (secondary N) is 4. The minimum absolute atomic E-state index is 0.0942. The van der Waals surface area contributed by atoms with Gasteiger partial charge in [-0.2, -0.15) is 5.10 Å². The molecule has 10 aromatic rings. The second-order valence-corrected chi connectivity index (χ2v) is 29.4. The van der Waals surface area contributed by atoms with E-state index in [9.17, 15) is 9.59 Å². The van der Waals surface area contributed by atoms with Crippen LogP contribution in [0.5, 0.6) is 0 Å².